The van der Waals surface area contributed by atoms with Crippen LogP contribution < -0.4 is 15.2 Å². The van der Waals surface area contributed by atoms with E-state index in [0.29, 0.717) is 5.56 Å². The lowest BCUT2D eigenvalue weighted by Crippen LogP contribution is -2.74. The van der Waals surface area contributed by atoms with Crippen molar-refractivity contribution in [2.24, 2.45) is 0 Å². The summed E-state index contributed by atoms with van der Waals surface area (Å²) in [5.74, 6) is -1.78. The van der Waals surface area contributed by atoms with Crippen LogP contribution in [0.25, 0.3) is 0 Å². The number of nitrogens with zero attached hydrogens (tertiary/aromatic N) is 4. The van der Waals surface area contributed by atoms with Gasteiger partial charge in [0.05, 0.1) is 5.54 Å². The number of aromatic nitrogens is 1. The van der Waals surface area contributed by atoms with Gasteiger partial charge in [-0.2, -0.15) is 0 Å². The summed E-state index contributed by atoms with van der Waals surface area (Å²) in [6.07, 6.45) is 4.97. The van der Waals surface area contributed by atoms with Crippen molar-refractivity contribution in [1.29, 1.82) is 0 Å². The van der Waals surface area contributed by atoms with E-state index in [4.69, 9.17) is 4.74 Å². The molecule has 2 aromatic heterocycles. The Kier molecular flexibility index (Phi) is 5.56. The molecule has 2 bridgehead atoms. The van der Waals surface area contributed by atoms with Crippen LogP contribution in [0.1, 0.15) is 39.5 Å². The second kappa shape index (κ2) is 8.73. The summed E-state index contributed by atoms with van der Waals surface area (Å²) in [6.45, 7) is 3.98. The van der Waals surface area contributed by atoms with Crippen LogP contribution in [0.4, 0.5) is 4.39 Å². The zero-order valence-electron chi connectivity index (χ0n) is 20.8. The molecule has 6 rings (SSSR count). The third-order valence-electron chi connectivity index (χ3n) is 7.51. The third kappa shape index (κ3) is 3.52. The molecule has 1 N–H and O–H groups in total. The maximum atomic E-state index is 15.2. The van der Waals surface area contributed by atoms with Gasteiger partial charge in [0.25, 0.3) is 5.91 Å². The molecule has 3 aliphatic heterocycles. The normalized spacial score (nSPS) is 20.7. The minimum absolute atomic E-state index is 0.0418. The summed E-state index contributed by atoms with van der Waals surface area (Å²) in [5.41, 5.74) is -0.374. The molecule has 1 atom stereocenters. The molecule has 38 heavy (non-hydrogen) atoms. The highest BCUT2D eigenvalue weighted by molar-refractivity contribution is 7.10. The van der Waals surface area contributed by atoms with E-state index in [1.807, 2.05) is 23.4 Å². The standard InChI is InChI=1S/C27H25FN4O5S/c1-16-18(8-12-38-16)22-19-5-3-6-20(28)25(19)37-11-4-9-27(13-29(14-27)17(2)33)30-15-32(22)31-10-7-21(34)24(35)23(31)26(30)36/h3-10,12,22,35H,11,13-15H2,1-2H3/b9-4+. The average molecular weight is 537 g/mol. The van der Waals surface area contributed by atoms with Crippen LogP contribution in [-0.2, 0) is 4.79 Å². The van der Waals surface area contributed by atoms with E-state index in [0.717, 1.165) is 10.4 Å². The highest BCUT2D eigenvalue weighted by atomic mass is 32.1. The van der Waals surface area contributed by atoms with Crippen molar-refractivity contribution in [2.75, 3.05) is 31.4 Å². The summed E-state index contributed by atoms with van der Waals surface area (Å²) in [5, 5.41) is 14.6. The molecule has 11 heteroatoms. The summed E-state index contributed by atoms with van der Waals surface area (Å²) < 4.78 is 22.7. The molecule has 1 spiro atoms. The summed E-state index contributed by atoms with van der Waals surface area (Å²) in [4.78, 5) is 42.7. The van der Waals surface area contributed by atoms with Gasteiger partial charge in [-0.1, -0.05) is 18.2 Å². The SMILES string of the molecule is CC(=O)N1CC2(/C=C/COc3c(F)cccc3C(c3ccsc3C)N3CN2C(=O)c2c(O)c(=O)ccn23)C1. The first-order valence-corrected chi connectivity index (χ1v) is 13.0. The van der Waals surface area contributed by atoms with Crippen molar-refractivity contribution in [1.82, 2.24) is 14.5 Å². The number of carbonyl (C=O) groups excluding carboxylic acids is 2. The van der Waals surface area contributed by atoms with Gasteiger partial charge in [0.15, 0.2) is 23.0 Å². The maximum absolute atomic E-state index is 15.2. The molecule has 196 valence electrons. The van der Waals surface area contributed by atoms with Crippen molar-refractivity contribution in [3.63, 3.8) is 0 Å². The minimum Gasteiger partial charge on any atom is -0.502 e. The quantitative estimate of drug-likeness (QED) is 0.481. The second-order valence-electron chi connectivity index (χ2n) is 9.72. The average Bonchev–Trinajstić information content (AvgIpc) is 3.27. The Morgan fingerprint density at radius 1 is 1.18 bits per heavy atom. The number of benzene rings is 1. The fourth-order valence-corrected chi connectivity index (χ4v) is 6.28. The van der Waals surface area contributed by atoms with Crippen LogP contribution in [0.2, 0.25) is 0 Å². The molecule has 5 heterocycles. The number of carbonyl (C=O) groups is 2. The number of likely N-dealkylation sites (tertiary alicyclic amines) is 1. The topological polar surface area (TPSA) is 95.3 Å². The van der Waals surface area contributed by atoms with E-state index in [1.54, 1.807) is 34.1 Å². The zero-order valence-corrected chi connectivity index (χ0v) is 21.6. The van der Waals surface area contributed by atoms with E-state index in [1.165, 1.54) is 41.3 Å². The number of hydrogen-bond donors (Lipinski definition) is 1. The second-order valence-corrected chi connectivity index (χ2v) is 10.8. The molecular weight excluding hydrogens is 511 g/mol. The molecule has 1 saturated heterocycles. The first kappa shape index (κ1) is 24.2. The first-order chi connectivity index (χ1) is 18.2. The van der Waals surface area contributed by atoms with Crippen molar-refractivity contribution in [2.45, 2.75) is 25.4 Å². The Hall–Kier alpha value is -4.12. The third-order valence-corrected chi connectivity index (χ3v) is 8.37. The predicted octanol–water partition coefficient (Wildman–Crippen LogP) is 2.75. The van der Waals surface area contributed by atoms with Crippen LogP contribution >= 0.6 is 11.3 Å². The smallest absolute Gasteiger partial charge is 0.278 e. The van der Waals surface area contributed by atoms with Crippen LogP contribution in [-0.4, -0.2) is 63.3 Å². The number of ether oxygens (including phenoxy) is 1. The number of pyridine rings is 1. The van der Waals surface area contributed by atoms with Crippen LogP contribution in [0, 0.1) is 12.7 Å². The number of fused-ring (bicyclic) bond motifs is 6. The highest BCUT2D eigenvalue weighted by Crippen LogP contribution is 2.42. The summed E-state index contributed by atoms with van der Waals surface area (Å²) in [6, 6.07) is 7.22. The first-order valence-electron chi connectivity index (χ1n) is 12.1. The molecule has 0 radical (unpaired) electrons. The minimum atomic E-state index is -0.906. The van der Waals surface area contributed by atoms with Gasteiger partial charge in [-0.3, -0.25) is 24.1 Å². The van der Waals surface area contributed by atoms with Crippen LogP contribution in [0.5, 0.6) is 11.5 Å². The van der Waals surface area contributed by atoms with Gasteiger partial charge in [-0.25, -0.2) is 4.39 Å². The number of aryl methyl sites for hydroxylation is 1. The van der Waals surface area contributed by atoms with Crippen molar-refractivity contribution in [3.8, 4) is 11.5 Å². The lowest BCUT2D eigenvalue weighted by molar-refractivity contribution is -0.139. The zero-order chi connectivity index (χ0) is 26.8. The molecule has 0 aliphatic carbocycles. The lowest BCUT2D eigenvalue weighted by atomic mass is 9.86. The Labute approximate surface area is 221 Å². The number of rotatable bonds is 1. The Morgan fingerprint density at radius 3 is 2.68 bits per heavy atom. The summed E-state index contributed by atoms with van der Waals surface area (Å²) >= 11 is 1.53. The number of hydrogen-bond acceptors (Lipinski definition) is 7. The van der Waals surface area contributed by atoms with E-state index in [-0.39, 0.29) is 43.7 Å². The van der Waals surface area contributed by atoms with E-state index in [9.17, 15) is 19.5 Å². The summed E-state index contributed by atoms with van der Waals surface area (Å²) in [7, 11) is 0. The molecule has 1 fully saturated rings. The van der Waals surface area contributed by atoms with Gasteiger partial charge >= 0.3 is 0 Å². The Balaban J connectivity index is 1.64. The number of amides is 2. The predicted molar refractivity (Wildman–Crippen MR) is 139 cm³/mol. The number of aromatic hydroxyl groups is 1. The Morgan fingerprint density at radius 2 is 1.97 bits per heavy atom. The Bertz CT molecular complexity index is 1560. The van der Waals surface area contributed by atoms with Gasteiger partial charge in [0.2, 0.25) is 11.3 Å². The van der Waals surface area contributed by atoms with E-state index >= 15 is 4.39 Å². The fourth-order valence-electron chi connectivity index (χ4n) is 5.55. The maximum Gasteiger partial charge on any atom is 0.278 e. The van der Waals surface area contributed by atoms with Crippen molar-refractivity contribution < 1.29 is 23.8 Å². The van der Waals surface area contributed by atoms with Gasteiger partial charge < -0.3 is 19.6 Å². The van der Waals surface area contributed by atoms with Crippen LogP contribution in [0.3, 0.4) is 0 Å². The molecule has 3 aromatic rings. The van der Waals surface area contributed by atoms with Crippen molar-refractivity contribution in [3.05, 3.63) is 91.8 Å². The molecule has 3 aliphatic rings. The molecular formula is C27H25FN4O5S. The van der Waals surface area contributed by atoms with Gasteiger partial charge in [0.1, 0.15) is 19.3 Å². The molecule has 1 unspecified atom stereocenters. The van der Waals surface area contributed by atoms with Gasteiger partial charge in [0, 0.05) is 42.7 Å². The highest BCUT2D eigenvalue weighted by Gasteiger charge is 2.53. The molecule has 1 aromatic carbocycles. The van der Waals surface area contributed by atoms with Crippen molar-refractivity contribution >= 4 is 23.2 Å². The van der Waals surface area contributed by atoms with Gasteiger partial charge in [-0.15, -0.1) is 11.3 Å². The fraction of sp³-hybridized carbons (Fsp3) is 0.296. The van der Waals surface area contributed by atoms with E-state index < -0.39 is 34.5 Å². The molecule has 0 saturated carbocycles. The number of thiophene rings is 1. The van der Waals surface area contributed by atoms with Crippen LogP contribution in [0.15, 0.2) is 58.9 Å². The molecule has 9 nitrogen and oxygen atoms in total. The van der Waals surface area contributed by atoms with E-state index in [2.05, 4.69) is 0 Å². The largest absolute Gasteiger partial charge is 0.502 e. The van der Waals surface area contributed by atoms with Gasteiger partial charge in [-0.05, 0) is 36.1 Å². The number of para-hydroxylation sites is 1. The lowest BCUT2D eigenvalue weighted by Gasteiger charge is -2.57. The number of halogens is 1. The monoisotopic (exact) mass is 536 g/mol. The molecule has 2 amide bonds.